The number of hydrogen-bond donors (Lipinski definition) is 0. The van der Waals surface area contributed by atoms with Gasteiger partial charge in [0.25, 0.3) is 0 Å². The van der Waals surface area contributed by atoms with Crippen molar-refractivity contribution < 1.29 is 39.6 Å². The third-order valence-electron chi connectivity index (χ3n) is 2.75. The van der Waals surface area contributed by atoms with E-state index < -0.39 is 38.2 Å². The quantitative estimate of drug-likeness (QED) is 0.540. The molecule has 0 spiro atoms. The van der Waals surface area contributed by atoms with E-state index in [1.165, 1.54) is 0 Å². The summed E-state index contributed by atoms with van der Waals surface area (Å²) in [6, 6.07) is 0. The molecule has 24 heavy (non-hydrogen) atoms. The molecular formula is C11H11F6N3O3S. The van der Waals surface area contributed by atoms with Crippen molar-refractivity contribution >= 4 is 15.9 Å². The highest BCUT2D eigenvalue weighted by molar-refractivity contribution is 7.90. The first-order chi connectivity index (χ1) is 10.8. The number of carbonyl (C=O) groups excluding carboxylic acids is 1. The van der Waals surface area contributed by atoms with E-state index in [0.29, 0.717) is 4.90 Å². The van der Waals surface area contributed by atoms with E-state index in [-0.39, 0.29) is 6.54 Å². The minimum absolute atomic E-state index is 0.333. The van der Waals surface area contributed by atoms with E-state index in [1.54, 1.807) is 0 Å². The molecule has 1 atom stereocenters. The van der Waals surface area contributed by atoms with Crippen LogP contribution in [-0.4, -0.2) is 52.9 Å². The number of nitrogens with zero attached hydrogens (tertiary/aromatic N) is 3. The highest BCUT2D eigenvalue weighted by atomic mass is 32.2. The predicted molar refractivity (Wildman–Crippen MR) is 69.7 cm³/mol. The van der Waals surface area contributed by atoms with Gasteiger partial charge in [0, 0.05) is 25.1 Å². The minimum atomic E-state index is -6.64. The van der Waals surface area contributed by atoms with Crippen LogP contribution in [-0.2, 0) is 14.8 Å². The molecule has 0 fully saturated rings. The highest BCUT2D eigenvalue weighted by Crippen LogP contribution is 2.35. The van der Waals surface area contributed by atoms with Gasteiger partial charge in [-0.3, -0.25) is 4.79 Å². The summed E-state index contributed by atoms with van der Waals surface area (Å²) in [6.07, 6.45) is -4.29. The van der Waals surface area contributed by atoms with Crippen molar-refractivity contribution in [2.45, 2.75) is 18.0 Å². The van der Waals surface area contributed by atoms with Gasteiger partial charge in [-0.1, -0.05) is 12.7 Å². The summed E-state index contributed by atoms with van der Waals surface area (Å²) in [6.45, 7) is 6.09. The molecule has 0 aromatic rings. The molecule has 13 heteroatoms. The molecule has 1 unspecified atom stereocenters. The van der Waals surface area contributed by atoms with Crippen LogP contribution in [0.4, 0.5) is 26.3 Å². The van der Waals surface area contributed by atoms with Gasteiger partial charge in [-0.2, -0.15) is 39.1 Å². The van der Waals surface area contributed by atoms with Crippen molar-refractivity contribution in [2.24, 2.45) is 0 Å². The fourth-order valence-electron chi connectivity index (χ4n) is 1.78. The Hall–Kier alpha value is -2.18. The maximum absolute atomic E-state index is 12.8. The fourth-order valence-corrected chi connectivity index (χ4v) is 2.80. The Morgan fingerprint density at radius 2 is 1.71 bits per heavy atom. The van der Waals surface area contributed by atoms with E-state index >= 15 is 0 Å². The Labute approximate surface area is 133 Å². The third kappa shape index (κ3) is 3.49. The standard InChI is InChI=1S/C11H11F6N3O3S/c1-3-5-19-7-6-18(4-2)9(19)20(8(21)10(12,13)14)24(22,23)11(15,16)17/h3-4,6-7,9H,1-2,5H2. The second kappa shape index (κ2) is 6.37. The van der Waals surface area contributed by atoms with Crippen molar-refractivity contribution in [3.63, 3.8) is 0 Å². The number of carbonyl (C=O) groups is 1. The normalized spacial score (nSPS) is 18.7. The molecule has 1 aliphatic heterocycles. The number of halogens is 6. The van der Waals surface area contributed by atoms with Gasteiger partial charge in [0.2, 0.25) is 6.29 Å². The molecule has 1 heterocycles. The van der Waals surface area contributed by atoms with Gasteiger partial charge in [0.1, 0.15) is 0 Å². The Balaban J connectivity index is 3.55. The molecule has 0 saturated carbocycles. The van der Waals surface area contributed by atoms with E-state index in [0.717, 1.165) is 29.6 Å². The second-order valence-corrected chi connectivity index (χ2v) is 6.12. The topological polar surface area (TPSA) is 60.9 Å². The monoisotopic (exact) mass is 379 g/mol. The Morgan fingerprint density at radius 1 is 1.17 bits per heavy atom. The van der Waals surface area contributed by atoms with Crippen molar-refractivity contribution in [1.29, 1.82) is 0 Å². The molecule has 1 aliphatic rings. The van der Waals surface area contributed by atoms with Crippen molar-refractivity contribution in [2.75, 3.05) is 6.54 Å². The SMILES string of the molecule is C=CCN1C=CN(C=C)C1N(C(=O)C(F)(F)F)S(=O)(=O)C(F)(F)F. The van der Waals surface area contributed by atoms with Crippen molar-refractivity contribution in [1.82, 2.24) is 14.1 Å². The molecule has 0 aliphatic carbocycles. The van der Waals surface area contributed by atoms with Crippen LogP contribution in [0.25, 0.3) is 0 Å². The van der Waals surface area contributed by atoms with Crippen LogP contribution >= 0.6 is 0 Å². The molecule has 0 bridgehead atoms. The van der Waals surface area contributed by atoms with Crippen LogP contribution in [0.5, 0.6) is 0 Å². The first kappa shape index (κ1) is 19.9. The second-order valence-electron chi connectivity index (χ2n) is 4.31. The zero-order valence-electron chi connectivity index (χ0n) is 11.8. The van der Waals surface area contributed by atoms with Crippen LogP contribution in [0.1, 0.15) is 0 Å². The lowest BCUT2D eigenvalue weighted by atomic mass is 10.5. The summed E-state index contributed by atoms with van der Waals surface area (Å²) in [5, 5.41) is 0. The molecule has 0 N–H and O–H groups in total. The molecule has 0 aromatic heterocycles. The van der Waals surface area contributed by atoms with E-state index in [9.17, 15) is 39.6 Å². The minimum Gasteiger partial charge on any atom is -0.334 e. The summed E-state index contributed by atoms with van der Waals surface area (Å²) in [4.78, 5) is 12.8. The lowest BCUT2D eigenvalue weighted by molar-refractivity contribution is -0.186. The largest absolute Gasteiger partial charge is 0.516 e. The number of rotatable bonds is 5. The number of alkyl halides is 6. The van der Waals surface area contributed by atoms with Crippen LogP contribution < -0.4 is 0 Å². The lowest BCUT2D eigenvalue weighted by Gasteiger charge is -2.38. The maximum Gasteiger partial charge on any atom is 0.516 e. The first-order valence-electron chi connectivity index (χ1n) is 5.96. The molecule has 0 radical (unpaired) electrons. The molecule has 0 aromatic carbocycles. The van der Waals surface area contributed by atoms with E-state index in [2.05, 4.69) is 13.2 Å². The third-order valence-corrected chi connectivity index (χ3v) is 4.21. The van der Waals surface area contributed by atoms with Crippen LogP contribution in [0.3, 0.4) is 0 Å². The number of hydrogen-bond acceptors (Lipinski definition) is 5. The Morgan fingerprint density at radius 3 is 2.08 bits per heavy atom. The van der Waals surface area contributed by atoms with Crippen LogP contribution in [0, 0.1) is 0 Å². The maximum atomic E-state index is 12.8. The molecule has 1 amide bonds. The average molecular weight is 379 g/mol. The summed E-state index contributed by atoms with van der Waals surface area (Å²) in [5.74, 6) is -3.19. The van der Waals surface area contributed by atoms with Gasteiger partial charge in [0.05, 0.1) is 0 Å². The fraction of sp³-hybridized carbons (Fsp3) is 0.364. The Bertz CT molecular complexity index is 655. The van der Waals surface area contributed by atoms with E-state index in [1.807, 2.05) is 0 Å². The summed E-state index contributed by atoms with van der Waals surface area (Å²) in [7, 11) is -6.64. The lowest BCUT2D eigenvalue weighted by Crippen LogP contribution is -2.61. The number of sulfonamides is 1. The van der Waals surface area contributed by atoms with Gasteiger partial charge < -0.3 is 9.80 Å². The van der Waals surface area contributed by atoms with Gasteiger partial charge >= 0.3 is 27.6 Å². The van der Waals surface area contributed by atoms with Gasteiger partial charge in [-0.05, 0) is 0 Å². The van der Waals surface area contributed by atoms with Gasteiger partial charge in [-0.25, -0.2) is 0 Å². The van der Waals surface area contributed by atoms with Crippen molar-refractivity contribution in [3.05, 3.63) is 37.8 Å². The van der Waals surface area contributed by atoms with Gasteiger partial charge in [0.15, 0.2) is 0 Å². The summed E-state index contributed by atoms with van der Waals surface area (Å²) in [5.41, 5.74) is -6.12. The zero-order chi connectivity index (χ0) is 18.9. The van der Waals surface area contributed by atoms with Crippen molar-refractivity contribution in [3.8, 4) is 0 Å². The predicted octanol–water partition coefficient (Wildman–Crippen LogP) is 1.93. The van der Waals surface area contributed by atoms with E-state index in [4.69, 9.17) is 0 Å². The Kier molecular flexibility index (Phi) is 5.28. The summed E-state index contributed by atoms with van der Waals surface area (Å²) < 4.78 is 98.3. The van der Waals surface area contributed by atoms with Crippen LogP contribution in [0.2, 0.25) is 0 Å². The molecule has 0 saturated heterocycles. The molecule has 1 rings (SSSR count). The highest BCUT2D eigenvalue weighted by Gasteiger charge is 2.61. The first-order valence-corrected chi connectivity index (χ1v) is 7.40. The molecule has 6 nitrogen and oxygen atoms in total. The number of amides is 1. The molecular weight excluding hydrogens is 368 g/mol. The smallest absolute Gasteiger partial charge is 0.334 e. The molecule has 136 valence electrons. The van der Waals surface area contributed by atoms with Gasteiger partial charge in [-0.15, -0.1) is 6.58 Å². The van der Waals surface area contributed by atoms with Crippen LogP contribution in [0.15, 0.2) is 37.8 Å². The summed E-state index contributed by atoms with van der Waals surface area (Å²) >= 11 is 0. The zero-order valence-corrected chi connectivity index (χ0v) is 12.6. The average Bonchev–Trinajstić information content (AvgIpc) is 2.80.